The van der Waals surface area contributed by atoms with Crippen LogP contribution in [0.25, 0.3) is 27.6 Å². The van der Waals surface area contributed by atoms with Crippen molar-refractivity contribution in [3.8, 4) is 6.07 Å². The smallest absolute Gasteiger partial charge is 0.187 e. The molecule has 0 radical (unpaired) electrons. The fraction of sp³-hybridized carbons (Fsp3) is 0.125. The van der Waals surface area contributed by atoms with Crippen molar-refractivity contribution in [2.75, 3.05) is 0 Å². The number of aromatic nitrogens is 4. The first-order valence-electron chi connectivity index (χ1n) is 6.63. The summed E-state index contributed by atoms with van der Waals surface area (Å²) in [5.41, 5.74) is 5.87. The summed E-state index contributed by atoms with van der Waals surface area (Å²) in [6, 6.07) is 10.0. The van der Waals surface area contributed by atoms with E-state index in [0.717, 1.165) is 27.5 Å². The summed E-state index contributed by atoms with van der Waals surface area (Å²) in [5.74, 6) is 0. The largest absolute Gasteiger partial charge is 0.279 e. The van der Waals surface area contributed by atoms with Crippen molar-refractivity contribution in [3.63, 3.8) is 0 Å². The highest BCUT2D eigenvalue weighted by atomic mass is 15.2. The summed E-state index contributed by atoms with van der Waals surface area (Å²) >= 11 is 0. The molecule has 0 saturated carbocycles. The third kappa shape index (κ3) is 1.47. The number of rotatable bonds is 0. The van der Waals surface area contributed by atoms with E-state index in [4.69, 9.17) is 0 Å². The Bertz CT molecular complexity index is 1070. The Balaban J connectivity index is 2.36. The van der Waals surface area contributed by atoms with Gasteiger partial charge in [-0.1, -0.05) is 0 Å². The summed E-state index contributed by atoms with van der Waals surface area (Å²) in [7, 11) is 0. The standard InChI is InChI=1S/C16H11N5/c1-9-6-12-13(7-10(9)2)21-14(8-17)11-4-3-5-18-15(11)16(21)20-19-12/h3-7H,1-2H3. The zero-order valence-electron chi connectivity index (χ0n) is 11.6. The second-order valence-corrected chi connectivity index (χ2v) is 5.14. The zero-order valence-corrected chi connectivity index (χ0v) is 11.6. The van der Waals surface area contributed by atoms with Crippen molar-refractivity contribution >= 4 is 27.6 Å². The Morgan fingerprint density at radius 2 is 1.95 bits per heavy atom. The zero-order chi connectivity index (χ0) is 14.6. The third-order valence-corrected chi connectivity index (χ3v) is 3.90. The van der Waals surface area contributed by atoms with Gasteiger partial charge >= 0.3 is 0 Å². The van der Waals surface area contributed by atoms with Gasteiger partial charge in [0.2, 0.25) is 0 Å². The predicted octanol–water partition coefficient (Wildman–Crippen LogP) is 2.92. The quantitative estimate of drug-likeness (QED) is 0.494. The van der Waals surface area contributed by atoms with Crippen LogP contribution in [0.4, 0.5) is 0 Å². The molecule has 0 aliphatic heterocycles. The Morgan fingerprint density at radius 3 is 2.76 bits per heavy atom. The van der Waals surface area contributed by atoms with Gasteiger partial charge in [0.15, 0.2) is 5.65 Å². The molecule has 0 bridgehead atoms. The van der Waals surface area contributed by atoms with Crippen LogP contribution in [0.1, 0.15) is 16.8 Å². The average molecular weight is 273 g/mol. The summed E-state index contributed by atoms with van der Waals surface area (Å²) in [4.78, 5) is 4.35. The summed E-state index contributed by atoms with van der Waals surface area (Å²) < 4.78 is 1.85. The number of aryl methyl sites for hydroxylation is 2. The van der Waals surface area contributed by atoms with Gasteiger partial charge in [0, 0.05) is 11.6 Å². The van der Waals surface area contributed by atoms with E-state index in [1.165, 1.54) is 0 Å². The van der Waals surface area contributed by atoms with Crippen LogP contribution in [0.15, 0.2) is 30.5 Å². The molecule has 0 spiro atoms. The van der Waals surface area contributed by atoms with E-state index in [0.29, 0.717) is 16.9 Å². The maximum Gasteiger partial charge on any atom is 0.187 e. The molecule has 0 fully saturated rings. The lowest BCUT2D eigenvalue weighted by atomic mass is 10.1. The normalized spacial score (nSPS) is 11.3. The molecule has 0 saturated heterocycles. The van der Waals surface area contributed by atoms with Gasteiger partial charge in [0.25, 0.3) is 0 Å². The molecule has 4 aromatic rings. The second-order valence-electron chi connectivity index (χ2n) is 5.14. The summed E-state index contributed by atoms with van der Waals surface area (Å²) in [5, 5.41) is 18.9. The highest BCUT2D eigenvalue weighted by Crippen LogP contribution is 2.27. The molecule has 1 aromatic carbocycles. The molecule has 0 N–H and O–H groups in total. The van der Waals surface area contributed by atoms with Gasteiger partial charge in [-0.25, -0.2) is 0 Å². The maximum absolute atomic E-state index is 9.56. The van der Waals surface area contributed by atoms with Gasteiger partial charge in [0.1, 0.15) is 22.8 Å². The average Bonchev–Trinajstić information content (AvgIpc) is 2.83. The molecular weight excluding hydrogens is 262 g/mol. The minimum atomic E-state index is 0.552. The topological polar surface area (TPSA) is 66.9 Å². The Kier molecular flexibility index (Phi) is 2.24. The molecule has 0 unspecified atom stereocenters. The van der Waals surface area contributed by atoms with Crippen LogP contribution in [0.2, 0.25) is 0 Å². The molecule has 5 nitrogen and oxygen atoms in total. The molecule has 0 atom stereocenters. The highest BCUT2D eigenvalue weighted by molar-refractivity contribution is 5.98. The van der Waals surface area contributed by atoms with Crippen LogP contribution in [-0.4, -0.2) is 19.6 Å². The Hall–Kier alpha value is -3.00. The first kappa shape index (κ1) is 11.8. The second kappa shape index (κ2) is 4.00. The minimum absolute atomic E-state index is 0.552. The predicted molar refractivity (Wildman–Crippen MR) is 80.0 cm³/mol. The fourth-order valence-electron chi connectivity index (χ4n) is 2.69. The number of nitrogens with zero attached hydrogens (tertiary/aromatic N) is 5. The van der Waals surface area contributed by atoms with E-state index >= 15 is 0 Å². The molecule has 21 heavy (non-hydrogen) atoms. The van der Waals surface area contributed by atoms with Crippen LogP contribution in [0, 0.1) is 25.2 Å². The first-order valence-corrected chi connectivity index (χ1v) is 6.63. The Morgan fingerprint density at radius 1 is 1.14 bits per heavy atom. The van der Waals surface area contributed by atoms with Crippen LogP contribution in [-0.2, 0) is 0 Å². The van der Waals surface area contributed by atoms with Gasteiger partial charge in [0.05, 0.1) is 5.52 Å². The lowest BCUT2D eigenvalue weighted by molar-refractivity contribution is 1.04. The van der Waals surface area contributed by atoms with Crippen LogP contribution in [0.5, 0.6) is 0 Å². The van der Waals surface area contributed by atoms with Crippen molar-refractivity contribution < 1.29 is 0 Å². The van der Waals surface area contributed by atoms with Crippen LogP contribution >= 0.6 is 0 Å². The van der Waals surface area contributed by atoms with Gasteiger partial charge in [-0.3, -0.25) is 9.38 Å². The SMILES string of the molecule is Cc1cc2nnc3c4ncccc4c(C#N)n3c2cc1C. The first-order chi connectivity index (χ1) is 10.2. The van der Waals surface area contributed by atoms with E-state index in [1.54, 1.807) is 6.20 Å². The Labute approximate surface area is 120 Å². The van der Waals surface area contributed by atoms with E-state index < -0.39 is 0 Å². The van der Waals surface area contributed by atoms with E-state index in [1.807, 2.05) is 35.6 Å². The molecule has 100 valence electrons. The van der Waals surface area contributed by atoms with Crippen molar-refractivity contribution in [3.05, 3.63) is 47.3 Å². The summed E-state index contributed by atoms with van der Waals surface area (Å²) in [6.07, 6.45) is 1.70. The van der Waals surface area contributed by atoms with Gasteiger partial charge in [-0.05, 0) is 49.2 Å². The molecule has 3 heterocycles. The number of nitriles is 1. The van der Waals surface area contributed by atoms with Gasteiger partial charge < -0.3 is 0 Å². The minimum Gasteiger partial charge on any atom is -0.279 e. The lowest BCUT2D eigenvalue weighted by Gasteiger charge is -2.05. The van der Waals surface area contributed by atoms with Crippen molar-refractivity contribution in [1.82, 2.24) is 19.6 Å². The third-order valence-electron chi connectivity index (χ3n) is 3.90. The number of hydrogen-bond donors (Lipinski definition) is 0. The maximum atomic E-state index is 9.56. The van der Waals surface area contributed by atoms with Crippen LogP contribution in [0.3, 0.4) is 0 Å². The lowest BCUT2D eigenvalue weighted by Crippen LogP contribution is -1.98. The van der Waals surface area contributed by atoms with E-state index in [9.17, 15) is 5.26 Å². The number of benzene rings is 1. The van der Waals surface area contributed by atoms with Crippen LogP contribution < -0.4 is 0 Å². The van der Waals surface area contributed by atoms with Crippen molar-refractivity contribution in [1.29, 1.82) is 5.26 Å². The molecule has 0 amide bonds. The fourth-order valence-corrected chi connectivity index (χ4v) is 2.69. The molecule has 4 rings (SSSR count). The number of hydrogen-bond acceptors (Lipinski definition) is 4. The monoisotopic (exact) mass is 273 g/mol. The van der Waals surface area contributed by atoms with Crippen molar-refractivity contribution in [2.24, 2.45) is 0 Å². The van der Waals surface area contributed by atoms with Gasteiger partial charge in [-0.2, -0.15) is 5.26 Å². The molecule has 3 aromatic heterocycles. The molecule has 0 aliphatic carbocycles. The summed E-state index contributed by atoms with van der Waals surface area (Å²) in [6.45, 7) is 4.09. The van der Waals surface area contributed by atoms with Gasteiger partial charge in [-0.15, -0.1) is 10.2 Å². The van der Waals surface area contributed by atoms with Crippen molar-refractivity contribution in [2.45, 2.75) is 13.8 Å². The number of fused-ring (bicyclic) bond motifs is 5. The van der Waals surface area contributed by atoms with E-state index in [2.05, 4.69) is 28.2 Å². The van der Waals surface area contributed by atoms with E-state index in [-0.39, 0.29) is 0 Å². The molecular formula is C16H11N5. The highest BCUT2D eigenvalue weighted by Gasteiger charge is 2.16. The molecule has 0 aliphatic rings. The number of pyridine rings is 1. The molecule has 5 heteroatoms.